The Morgan fingerprint density at radius 1 is 1.25 bits per heavy atom. The second-order valence-corrected chi connectivity index (χ2v) is 4.19. The van der Waals surface area contributed by atoms with Crippen LogP contribution in [-0.2, 0) is 4.74 Å². The first-order valence-electron chi connectivity index (χ1n) is 4.44. The van der Waals surface area contributed by atoms with Crippen LogP contribution in [0, 0.1) is 0 Å². The van der Waals surface area contributed by atoms with Gasteiger partial charge in [-0.1, -0.05) is 30.0 Å². The summed E-state index contributed by atoms with van der Waals surface area (Å²) in [6.45, 7) is 0. The summed E-state index contributed by atoms with van der Waals surface area (Å²) in [7, 11) is 1.13. The van der Waals surface area contributed by atoms with Crippen molar-refractivity contribution >= 4 is 11.8 Å². The van der Waals surface area contributed by atoms with Crippen molar-refractivity contribution in [1.82, 2.24) is 0 Å². The zero-order valence-electron chi connectivity index (χ0n) is 8.44. The van der Waals surface area contributed by atoms with Crippen molar-refractivity contribution < 1.29 is 23.0 Å². The number of hydrogen-bond acceptors (Lipinski definition) is 3. The van der Waals surface area contributed by atoms with Crippen molar-refractivity contribution in [1.29, 1.82) is 0 Å². The van der Waals surface area contributed by atoms with Crippen LogP contribution in [0.4, 0.5) is 13.2 Å². The molecule has 0 saturated heterocycles. The molecule has 0 heterocycles. The van der Waals surface area contributed by atoms with E-state index in [0.29, 0.717) is 4.90 Å². The van der Waals surface area contributed by atoms with E-state index >= 15 is 0 Å². The molecule has 0 aliphatic carbocycles. The first-order valence-corrected chi connectivity index (χ1v) is 5.32. The number of aliphatic hydroxyl groups is 1. The molecule has 0 saturated carbocycles. The van der Waals surface area contributed by atoms with Crippen molar-refractivity contribution in [2.75, 3.05) is 7.11 Å². The van der Waals surface area contributed by atoms with Crippen molar-refractivity contribution in [3.63, 3.8) is 0 Å². The van der Waals surface area contributed by atoms with Crippen LogP contribution in [0.25, 0.3) is 0 Å². The van der Waals surface area contributed by atoms with Gasteiger partial charge in [-0.05, 0) is 12.1 Å². The molecule has 0 aliphatic heterocycles. The van der Waals surface area contributed by atoms with Gasteiger partial charge in [0.05, 0.1) is 0 Å². The number of benzene rings is 1. The fourth-order valence-corrected chi connectivity index (χ4v) is 1.99. The van der Waals surface area contributed by atoms with Crippen LogP contribution in [-0.4, -0.2) is 29.9 Å². The lowest BCUT2D eigenvalue weighted by Gasteiger charge is -2.22. The number of alkyl halides is 3. The third-order valence-electron chi connectivity index (χ3n) is 1.82. The highest BCUT2D eigenvalue weighted by Gasteiger charge is 2.44. The van der Waals surface area contributed by atoms with E-state index < -0.39 is 17.7 Å². The number of ether oxygens (including phenoxy) is 1. The van der Waals surface area contributed by atoms with Crippen LogP contribution in [0.3, 0.4) is 0 Å². The predicted octanol–water partition coefficient (Wildman–Crippen LogP) is 2.67. The second kappa shape index (κ2) is 5.56. The van der Waals surface area contributed by atoms with Crippen molar-refractivity contribution in [3.05, 3.63) is 30.3 Å². The molecule has 0 spiro atoms. The highest BCUT2D eigenvalue weighted by Crippen LogP contribution is 2.32. The van der Waals surface area contributed by atoms with Gasteiger partial charge in [0.25, 0.3) is 0 Å². The maximum Gasteiger partial charge on any atom is 0.417 e. The molecule has 16 heavy (non-hydrogen) atoms. The Labute approximate surface area is 95.4 Å². The molecule has 2 atom stereocenters. The van der Waals surface area contributed by atoms with Crippen molar-refractivity contribution in [2.24, 2.45) is 0 Å². The highest BCUT2D eigenvalue weighted by atomic mass is 32.2. The molecular weight excluding hydrogens is 241 g/mol. The van der Waals surface area contributed by atoms with E-state index in [9.17, 15) is 13.2 Å². The third kappa shape index (κ3) is 3.70. The molecule has 1 aromatic rings. The largest absolute Gasteiger partial charge is 0.417 e. The minimum atomic E-state index is -4.68. The first-order chi connectivity index (χ1) is 7.45. The maximum absolute atomic E-state index is 12.2. The minimum Gasteiger partial charge on any atom is -0.381 e. The zero-order chi connectivity index (χ0) is 12.2. The number of hydrogen-bond donors (Lipinski definition) is 1. The fraction of sp³-hybridized carbons (Fsp3) is 0.400. The van der Waals surface area contributed by atoms with Gasteiger partial charge in [-0.2, -0.15) is 13.2 Å². The van der Waals surface area contributed by atoms with E-state index in [4.69, 9.17) is 5.11 Å². The zero-order valence-corrected chi connectivity index (χ0v) is 9.26. The topological polar surface area (TPSA) is 29.5 Å². The lowest BCUT2D eigenvalue weighted by Crippen LogP contribution is -2.38. The summed E-state index contributed by atoms with van der Waals surface area (Å²) in [6, 6.07) is 8.47. The molecule has 0 fully saturated rings. The number of rotatable bonds is 4. The second-order valence-electron chi connectivity index (χ2n) is 3.02. The molecule has 0 bridgehead atoms. The molecule has 1 N–H and O–H groups in total. The van der Waals surface area contributed by atoms with Gasteiger partial charge in [0.2, 0.25) is 0 Å². The third-order valence-corrected chi connectivity index (χ3v) is 3.05. The molecule has 0 aromatic heterocycles. The summed E-state index contributed by atoms with van der Waals surface area (Å²) in [5, 5.41) is 9.04. The fourth-order valence-electron chi connectivity index (χ4n) is 1.03. The summed E-state index contributed by atoms with van der Waals surface area (Å²) in [5.41, 5.74) is -1.36. The van der Waals surface area contributed by atoms with E-state index in [0.717, 1.165) is 18.9 Å². The molecule has 6 heteroatoms. The number of aliphatic hydroxyl groups excluding tert-OH is 1. The average Bonchev–Trinajstić information content (AvgIpc) is 2.25. The molecular formula is C10H11F3O2S. The maximum atomic E-state index is 12.2. The summed E-state index contributed by atoms with van der Waals surface area (Å²) in [4.78, 5) is 0.609. The lowest BCUT2D eigenvalue weighted by atomic mass is 10.4. The molecule has 1 rings (SSSR count). The van der Waals surface area contributed by atoms with Crippen LogP contribution in [0.1, 0.15) is 0 Å². The molecule has 0 radical (unpaired) electrons. The Hall–Kier alpha value is -0.720. The quantitative estimate of drug-likeness (QED) is 0.660. The van der Waals surface area contributed by atoms with Crippen LogP contribution >= 0.6 is 11.8 Å². The molecule has 2 unspecified atom stereocenters. The Morgan fingerprint density at radius 2 is 1.81 bits per heavy atom. The molecule has 2 nitrogen and oxygen atoms in total. The monoisotopic (exact) mass is 252 g/mol. The van der Waals surface area contributed by atoms with Crippen LogP contribution < -0.4 is 0 Å². The lowest BCUT2D eigenvalue weighted by molar-refractivity contribution is -0.220. The summed E-state index contributed by atoms with van der Waals surface area (Å²) in [6.07, 6.45) is -7.18. The minimum absolute atomic E-state index is 0.609. The summed E-state index contributed by atoms with van der Waals surface area (Å²) in [5.74, 6) is 0. The first kappa shape index (κ1) is 13.3. The number of halogens is 3. The molecule has 0 amide bonds. The van der Waals surface area contributed by atoms with Crippen molar-refractivity contribution in [3.8, 4) is 0 Å². The van der Waals surface area contributed by atoms with E-state index in [1.807, 2.05) is 0 Å². The van der Waals surface area contributed by atoms with E-state index in [1.54, 1.807) is 30.3 Å². The van der Waals surface area contributed by atoms with Gasteiger partial charge in [-0.15, -0.1) is 0 Å². The van der Waals surface area contributed by atoms with Gasteiger partial charge in [-0.25, -0.2) is 0 Å². The van der Waals surface area contributed by atoms with E-state index in [-0.39, 0.29) is 0 Å². The number of methoxy groups -OCH3 is 1. The van der Waals surface area contributed by atoms with Crippen LogP contribution in [0.5, 0.6) is 0 Å². The molecule has 90 valence electrons. The van der Waals surface area contributed by atoms with Gasteiger partial charge in [0.15, 0.2) is 6.10 Å². The number of thioether (sulfide) groups is 1. The molecule has 0 aliphatic rings. The van der Waals surface area contributed by atoms with Crippen LogP contribution in [0.15, 0.2) is 35.2 Å². The Balaban J connectivity index is 2.70. The SMILES string of the molecule is COC(Sc1ccccc1)C(O)C(F)(F)F. The van der Waals surface area contributed by atoms with E-state index in [1.165, 1.54) is 0 Å². The van der Waals surface area contributed by atoms with Gasteiger partial charge in [0.1, 0.15) is 5.44 Å². The average molecular weight is 252 g/mol. The highest BCUT2D eigenvalue weighted by molar-refractivity contribution is 7.99. The molecule has 1 aromatic carbocycles. The standard InChI is InChI=1S/C10H11F3O2S/c1-15-9(8(14)10(11,12)13)16-7-5-3-2-4-6-7/h2-6,8-9,14H,1H3. The smallest absolute Gasteiger partial charge is 0.381 e. The summed E-state index contributed by atoms with van der Waals surface area (Å²) >= 11 is 0.831. The summed E-state index contributed by atoms with van der Waals surface area (Å²) < 4.78 is 41.4. The predicted molar refractivity (Wildman–Crippen MR) is 55.2 cm³/mol. The van der Waals surface area contributed by atoms with Crippen molar-refractivity contribution in [2.45, 2.75) is 22.6 Å². The van der Waals surface area contributed by atoms with E-state index in [2.05, 4.69) is 4.74 Å². The Kier molecular flexibility index (Phi) is 4.64. The Bertz CT molecular complexity index is 316. The van der Waals surface area contributed by atoms with Gasteiger partial charge in [-0.3, -0.25) is 0 Å². The Morgan fingerprint density at radius 3 is 2.25 bits per heavy atom. The van der Waals surface area contributed by atoms with Gasteiger partial charge >= 0.3 is 6.18 Å². The van der Waals surface area contributed by atoms with Gasteiger partial charge in [0, 0.05) is 12.0 Å². The van der Waals surface area contributed by atoms with Gasteiger partial charge < -0.3 is 9.84 Å². The van der Waals surface area contributed by atoms with Crippen LogP contribution in [0.2, 0.25) is 0 Å². The normalized spacial score (nSPS) is 15.8.